The fourth-order valence-electron chi connectivity index (χ4n) is 1.98. The Balaban J connectivity index is 4.77. The lowest BCUT2D eigenvalue weighted by Crippen LogP contribution is -2.58. The number of hydrogen-bond donors (Lipinski definition) is 1. The number of ketones is 1. The molecular formula is C11H23N2O+. The van der Waals surface area contributed by atoms with Crippen LogP contribution in [0.3, 0.4) is 0 Å². The van der Waals surface area contributed by atoms with Crippen molar-refractivity contribution in [1.29, 1.82) is 0 Å². The van der Waals surface area contributed by atoms with Gasteiger partial charge in [-0.3, -0.25) is 4.79 Å². The number of hydrogen-bond acceptors (Lipinski definition) is 2. The maximum Gasteiger partial charge on any atom is 0.211 e. The molecule has 0 aromatic carbocycles. The molecule has 0 aromatic heterocycles. The van der Waals surface area contributed by atoms with Gasteiger partial charge in [0.05, 0.1) is 19.6 Å². The number of quaternary nitrogens is 1. The van der Waals surface area contributed by atoms with E-state index in [1.165, 1.54) is 6.08 Å². The second kappa shape index (κ2) is 5.94. The normalized spacial score (nSPS) is 13.7. The molecule has 0 saturated heterocycles. The Bertz CT molecular complexity index is 197. The summed E-state index contributed by atoms with van der Waals surface area (Å²) in [5.41, 5.74) is 5.59. The Morgan fingerprint density at radius 3 is 2.29 bits per heavy atom. The molecule has 0 heterocycles. The lowest BCUT2D eigenvalue weighted by molar-refractivity contribution is -0.936. The zero-order valence-electron chi connectivity index (χ0n) is 9.62. The van der Waals surface area contributed by atoms with Crippen LogP contribution in [0, 0.1) is 0 Å². The van der Waals surface area contributed by atoms with E-state index in [2.05, 4.69) is 20.4 Å². The third-order valence-electron chi connectivity index (χ3n) is 3.27. The second-order valence-electron chi connectivity index (χ2n) is 3.65. The van der Waals surface area contributed by atoms with Crippen molar-refractivity contribution in [3.05, 3.63) is 12.7 Å². The van der Waals surface area contributed by atoms with Crippen molar-refractivity contribution in [3.63, 3.8) is 0 Å². The minimum absolute atomic E-state index is 0.0222. The molecule has 0 rings (SSSR count). The summed E-state index contributed by atoms with van der Waals surface area (Å²) in [5.74, 6) is 0.113. The summed E-state index contributed by atoms with van der Waals surface area (Å²) in [6, 6.07) is -0.0222. The molecule has 0 saturated carbocycles. The van der Waals surface area contributed by atoms with Crippen LogP contribution in [0.15, 0.2) is 12.7 Å². The summed E-state index contributed by atoms with van der Waals surface area (Å²) in [7, 11) is 0. The molecule has 0 aliphatic carbocycles. The SMILES string of the molecule is C=CC(=O)C(C)[N+](CC)(CC)CCN. The van der Waals surface area contributed by atoms with Crippen LogP contribution in [0.4, 0.5) is 0 Å². The molecule has 3 heteroatoms. The number of rotatable bonds is 7. The fraction of sp³-hybridized carbons (Fsp3) is 0.727. The van der Waals surface area contributed by atoms with Crippen molar-refractivity contribution in [2.45, 2.75) is 26.8 Å². The monoisotopic (exact) mass is 199 g/mol. The maximum atomic E-state index is 11.6. The van der Waals surface area contributed by atoms with E-state index in [0.29, 0.717) is 6.54 Å². The Kier molecular flexibility index (Phi) is 5.65. The standard InChI is InChI=1S/C11H23N2O/c1-5-11(14)10(4)13(6-2,7-3)9-8-12/h5,10H,1,6-9,12H2,2-4H3/q+1. The van der Waals surface area contributed by atoms with Gasteiger partial charge in [0.2, 0.25) is 5.78 Å². The quantitative estimate of drug-likeness (QED) is 0.490. The lowest BCUT2D eigenvalue weighted by Gasteiger charge is -2.40. The molecular weight excluding hydrogens is 176 g/mol. The molecule has 2 N–H and O–H groups in total. The Morgan fingerprint density at radius 1 is 1.50 bits per heavy atom. The van der Waals surface area contributed by atoms with Crippen LogP contribution in [0.2, 0.25) is 0 Å². The van der Waals surface area contributed by atoms with Crippen molar-refractivity contribution in [2.24, 2.45) is 5.73 Å². The van der Waals surface area contributed by atoms with E-state index in [4.69, 9.17) is 5.73 Å². The minimum Gasteiger partial charge on any atom is -0.326 e. The summed E-state index contributed by atoms with van der Waals surface area (Å²) < 4.78 is 0.765. The molecule has 3 nitrogen and oxygen atoms in total. The molecule has 0 aliphatic rings. The van der Waals surface area contributed by atoms with Crippen molar-refractivity contribution in [2.75, 3.05) is 26.2 Å². The fourth-order valence-corrected chi connectivity index (χ4v) is 1.98. The topological polar surface area (TPSA) is 43.1 Å². The van der Waals surface area contributed by atoms with Crippen LogP contribution in [0.5, 0.6) is 0 Å². The van der Waals surface area contributed by atoms with Gasteiger partial charge in [0, 0.05) is 6.54 Å². The molecule has 14 heavy (non-hydrogen) atoms. The minimum atomic E-state index is -0.0222. The molecule has 0 radical (unpaired) electrons. The number of carbonyl (C=O) groups is 1. The zero-order chi connectivity index (χ0) is 11.2. The average Bonchev–Trinajstić information content (AvgIpc) is 2.24. The number of carbonyl (C=O) groups excluding carboxylic acids is 1. The largest absolute Gasteiger partial charge is 0.326 e. The summed E-state index contributed by atoms with van der Waals surface area (Å²) in [5, 5.41) is 0. The second-order valence-corrected chi connectivity index (χ2v) is 3.65. The van der Waals surface area contributed by atoms with E-state index in [1.54, 1.807) is 0 Å². The van der Waals surface area contributed by atoms with Crippen molar-refractivity contribution < 1.29 is 9.28 Å². The predicted molar refractivity (Wildman–Crippen MR) is 59.9 cm³/mol. The van der Waals surface area contributed by atoms with E-state index < -0.39 is 0 Å². The van der Waals surface area contributed by atoms with Gasteiger partial charge in [-0.25, -0.2) is 0 Å². The van der Waals surface area contributed by atoms with E-state index in [9.17, 15) is 4.79 Å². The molecule has 0 amide bonds. The van der Waals surface area contributed by atoms with Crippen molar-refractivity contribution >= 4 is 5.78 Å². The van der Waals surface area contributed by atoms with Gasteiger partial charge in [0.15, 0.2) is 0 Å². The third kappa shape index (κ3) is 2.66. The van der Waals surface area contributed by atoms with Crippen LogP contribution < -0.4 is 5.73 Å². The maximum absolute atomic E-state index is 11.6. The highest BCUT2D eigenvalue weighted by molar-refractivity contribution is 5.92. The number of nitrogens with zero attached hydrogens (tertiary/aromatic N) is 1. The summed E-state index contributed by atoms with van der Waals surface area (Å²) >= 11 is 0. The first kappa shape index (κ1) is 13.3. The van der Waals surface area contributed by atoms with E-state index in [0.717, 1.165) is 24.1 Å². The molecule has 0 fully saturated rings. The van der Waals surface area contributed by atoms with E-state index >= 15 is 0 Å². The molecule has 1 unspecified atom stereocenters. The highest BCUT2D eigenvalue weighted by Crippen LogP contribution is 2.14. The lowest BCUT2D eigenvalue weighted by atomic mass is 10.1. The van der Waals surface area contributed by atoms with Gasteiger partial charge in [-0.15, -0.1) is 0 Å². The van der Waals surface area contributed by atoms with Gasteiger partial charge in [0.25, 0.3) is 0 Å². The third-order valence-corrected chi connectivity index (χ3v) is 3.27. The smallest absolute Gasteiger partial charge is 0.211 e. The van der Waals surface area contributed by atoms with Crippen LogP contribution in [-0.4, -0.2) is 42.5 Å². The van der Waals surface area contributed by atoms with Gasteiger partial charge >= 0.3 is 0 Å². The van der Waals surface area contributed by atoms with Crippen LogP contribution in [0.1, 0.15) is 20.8 Å². The van der Waals surface area contributed by atoms with Gasteiger partial charge in [0.1, 0.15) is 6.04 Å². The Morgan fingerprint density at radius 2 is 2.00 bits per heavy atom. The van der Waals surface area contributed by atoms with Gasteiger partial charge in [-0.2, -0.15) is 0 Å². The van der Waals surface area contributed by atoms with Crippen molar-refractivity contribution in [1.82, 2.24) is 0 Å². The van der Waals surface area contributed by atoms with Gasteiger partial charge in [-0.1, -0.05) is 6.58 Å². The van der Waals surface area contributed by atoms with Crippen molar-refractivity contribution in [3.8, 4) is 0 Å². The highest BCUT2D eigenvalue weighted by atomic mass is 16.1. The van der Waals surface area contributed by atoms with E-state index in [1.807, 2.05) is 6.92 Å². The van der Waals surface area contributed by atoms with Gasteiger partial charge < -0.3 is 10.2 Å². The number of nitrogens with two attached hydrogens (primary N) is 1. The Labute approximate surface area is 87.2 Å². The first-order chi connectivity index (χ1) is 6.57. The molecule has 0 aromatic rings. The Hall–Kier alpha value is -0.670. The first-order valence-corrected chi connectivity index (χ1v) is 5.30. The highest BCUT2D eigenvalue weighted by Gasteiger charge is 2.33. The zero-order valence-corrected chi connectivity index (χ0v) is 9.62. The average molecular weight is 199 g/mol. The van der Waals surface area contributed by atoms with Crippen LogP contribution in [-0.2, 0) is 4.79 Å². The first-order valence-electron chi connectivity index (χ1n) is 5.30. The molecule has 0 bridgehead atoms. The molecule has 0 spiro atoms. The summed E-state index contributed by atoms with van der Waals surface area (Å²) in [6.07, 6.45) is 1.42. The molecule has 0 aliphatic heterocycles. The van der Waals surface area contributed by atoms with Gasteiger partial charge in [-0.05, 0) is 26.8 Å². The van der Waals surface area contributed by atoms with E-state index in [-0.39, 0.29) is 11.8 Å². The number of likely N-dealkylation sites (N-methyl/N-ethyl adjacent to an activating group) is 1. The van der Waals surface area contributed by atoms with Crippen LogP contribution in [0.25, 0.3) is 0 Å². The predicted octanol–water partition coefficient (Wildman–Crippen LogP) is 0.945. The summed E-state index contributed by atoms with van der Waals surface area (Å²) in [4.78, 5) is 11.6. The summed E-state index contributed by atoms with van der Waals surface area (Å²) in [6.45, 7) is 13.1. The molecule has 82 valence electrons. The van der Waals surface area contributed by atoms with Crippen LogP contribution >= 0.6 is 0 Å². The molecule has 1 atom stereocenters.